The van der Waals surface area contributed by atoms with Crippen molar-refractivity contribution in [1.29, 1.82) is 0 Å². The lowest BCUT2D eigenvalue weighted by Gasteiger charge is -2.12. The molecular formula is C13H16FN3O5. The second-order valence-corrected chi connectivity index (χ2v) is 4.49. The van der Waals surface area contributed by atoms with Crippen LogP contribution in [0, 0.1) is 15.9 Å². The molecule has 0 saturated carbocycles. The van der Waals surface area contributed by atoms with Crippen molar-refractivity contribution < 1.29 is 23.6 Å². The Hall–Kier alpha value is -2.71. The van der Waals surface area contributed by atoms with Gasteiger partial charge in [0.25, 0.3) is 5.91 Å². The summed E-state index contributed by atoms with van der Waals surface area (Å²) in [5.74, 6) is -1.93. The molecule has 8 nitrogen and oxygen atoms in total. The Kier molecular flexibility index (Phi) is 6.24. The van der Waals surface area contributed by atoms with Gasteiger partial charge in [0.05, 0.1) is 4.92 Å². The number of halogens is 1. The van der Waals surface area contributed by atoms with Gasteiger partial charge in [0.2, 0.25) is 5.75 Å². The zero-order chi connectivity index (χ0) is 16.7. The molecule has 0 aromatic heterocycles. The molecule has 120 valence electrons. The molecule has 0 radical (unpaired) electrons. The van der Waals surface area contributed by atoms with Crippen LogP contribution < -0.4 is 15.4 Å². The molecule has 0 saturated heterocycles. The van der Waals surface area contributed by atoms with Crippen LogP contribution in [0.4, 0.5) is 14.9 Å². The fraction of sp³-hybridized carbons (Fsp3) is 0.385. The molecule has 0 fully saturated rings. The highest BCUT2D eigenvalue weighted by atomic mass is 19.1. The topological polar surface area (TPSA) is 111 Å². The molecule has 9 heteroatoms. The highest BCUT2D eigenvalue weighted by molar-refractivity contribution is 5.95. The van der Waals surface area contributed by atoms with Crippen molar-refractivity contribution in [2.75, 3.05) is 6.61 Å². The predicted octanol–water partition coefficient (Wildman–Crippen LogP) is 1.74. The SMILES string of the molecule is CC[C@@H](C)NC(=O)NC(=O)COc1cc(F)ccc1[N+](=O)[O-]. The predicted molar refractivity (Wildman–Crippen MR) is 75.0 cm³/mol. The van der Waals surface area contributed by atoms with Gasteiger partial charge in [0.15, 0.2) is 6.61 Å². The molecule has 0 bridgehead atoms. The number of nitro benzene ring substituents is 1. The van der Waals surface area contributed by atoms with Crippen LogP contribution in [-0.2, 0) is 4.79 Å². The summed E-state index contributed by atoms with van der Waals surface area (Å²) in [5, 5.41) is 15.3. The number of ether oxygens (including phenoxy) is 1. The summed E-state index contributed by atoms with van der Waals surface area (Å²) in [6.07, 6.45) is 0.688. The van der Waals surface area contributed by atoms with Gasteiger partial charge in [-0.15, -0.1) is 0 Å². The van der Waals surface area contributed by atoms with E-state index in [1.807, 2.05) is 12.2 Å². The number of rotatable bonds is 6. The maximum Gasteiger partial charge on any atom is 0.321 e. The number of urea groups is 1. The van der Waals surface area contributed by atoms with E-state index in [9.17, 15) is 24.1 Å². The second-order valence-electron chi connectivity index (χ2n) is 4.49. The number of nitrogens with one attached hydrogen (secondary N) is 2. The van der Waals surface area contributed by atoms with E-state index in [-0.39, 0.29) is 11.8 Å². The third kappa shape index (κ3) is 5.35. The largest absolute Gasteiger partial charge is 0.477 e. The van der Waals surface area contributed by atoms with E-state index in [4.69, 9.17) is 4.74 Å². The first-order valence-electron chi connectivity index (χ1n) is 6.50. The van der Waals surface area contributed by atoms with Gasteiger partial charge in [0.1, 0.15) is 5.82 Å². The first kappa shape index (κ1) is 17.3. The van der Waals surface area contributed by atoms with E-state index in [1.165, 1.54) is 0 Å². The number of carbonyl (C=O) groups excluding carboxylic acids is 2. The molecule has 3 amide bonds. The van der Waals surface area contributed by atoms with Crippen molar-refractivity contribution >= 4 is 17.6 Å². The van der Waals surface area contributed by atoms with E-state index < -0.39 is 35.0 Å². The van der Waals surface area contributed by atoms with E-state index in [2.05, 4.69) is 5.32 Å². The van der Waals surface area contributed by atoms with Gasteiger partial charge in [-0.25, -0.2) is 9.18 Å². The molecule has 2 N–H and O–H groups in total. The fourth-order valence-electron chi connectivity index (χ4n) is 1.42. The summed E-state index contributed by atoms with van der Waals surface area (Å²) < 4.78 is 18.0. The number of hydrogen-bond donors (Lipinski definition) is 2. The summed E-state index contributed by atoms with van der Waals surface area (Å²) in [6.45, 7) is 2.97. The van der Waals surface area contributed by atoms with Crippen LogP contribution >= 0.6 is 0 Å². The van der Waals surface area contributed by atoms with Crippen LogP contribution in [0.1, 0.15) is 20.3 Å². The standard InChI is InChI=1S/C13H16FN3O5/c1-3-8(2)15-13(19)16-12(18)7-22-11-6-9(14)4-5-10(11)17(20)21/h4-6,8H,3,7H2,1-2H3,(H2,15,16,18,19)/t8-/m1/s1. The summed E-state index contributed by atoms with van der Waals surface area (Å²) in [4.78, 5) is 32.9. The van der Waals surface area contributed by atoms with E-state index in [0.29, 0.717) is 6.42 Å². The second kappa shape index (κ2) is 7.91. The van der Waals surface area contributed by atoms with Crippen LogP contribution in [-0.4, -0.2) is 29.5 Å². The fourth-order valence-corrected chi connectivity index (χ4v) is 1.42. The van der Waals surface area contributed by atoms with Gasteiger partial charge in [-0.3, -0.25) is 20.2 Å². The lowest BCUT2D eigenvalue weighted by atomic mass is 10.3. The van der Waals surface area contributed by atoms with Gasteiger partial charge in [0, 0.05) is 18.2 Å². The Balaban J connectivity index is 2.59. The van der Waals surface area contributed by atoms with Gasteiger partial charge in [-0.1, -0.05) is 6.92 Å². The maximum absolute atomic E-state index is 13.1. The van der Waals surface area contributed by atoms with Crippen LogP contribution in [0.2, 0.25) is 0 Å². The molecule has 0 aliphatic carbocycles. The van der Waals surface area contributed by atoms with Crippen molar-refractivity contribution in [2.45, 2.75) is 26.3 Å². The molecule has 1 aromatic rings. The van der Waals surface area contributed by atoms with E-state index >= 15 is 0 Å². The Labute approximate surface area is 125 Å². The lowest BCUT2D eigenvalue weighted by molar-refractivity contribution is -0.385. The van der Waals surface area contributed by atoms with Crippen LogP contribution in [0.5, 0.6) is 5.75 Å². The molecule has 1 aromatic carbocycles. The third-order valence-corrected chi connectivity index (χ3v) is 2.72. The van der Waals surface area contributed by atoms with Crippen LogP contribution in [0.15, 0.2) is 18.2 Å². The zero-order valence-corrected chi connectivity index (χ0v) is 12.1. The smallest absolute Gasteiger partial charge is 0.321 e. The molecule has 0 heterocycles. The van der Waals surface area contributed by atoms with E-state index in [0.717, 1.165) is 18.2 Å². The van der Waals surface area contributed by atoms with Crippen molar-refractivity contribution in [2.24, 2.45) is 0 Å². The summed E-state index contributed by atoms with van der Waals surface area (Å²) in [5.41, 5.74) is -0.474. The number of benzene rings is 1. The monoisotopic (exact) mass is 313 g/mol. The quantitative estimate of drug-likeness (QED) is 0.614. The molecule has 0 unspecified atom stereocenters. The zero-order valence-electron chi connectivity index (χ0n) is 12.1. The number of amides is 3. The minimum atomic E-state index is -0.806. The average Bonchev–Trinajstić information content (AvgIpc) is 2.44. The molecule has 0 aliphatic heterocycles. The molecule has 0 aliphatic rings. The third-order valence-electron chi connectivity index (χ3n) is 2.72. The van der Waals surface area contributed by atoms with Crippen LogP contribution in [0.3, 0.4) is 0 Å². The summed E-state index contributed by atoms with van der Waals surface area (Å²) >= 11 is 0. The Morgan fingerprint density at radius 2 is 2.14 bits per heavy atom. The summed E-state index contributed by atoms with van der Waals surface area (Å²) in [6, 6.07) is 1.82. The molecule has 0 spiro atoms. The maximum atomic E-state index is 13.1. The normalized spacial score (nSPS) is 11.4. The molecule has 1 rings (SSSR count). The first-order chi connectivity index (χ1) is 10.3. The molecule has 1 atom stereocenters. The number of nitro groups is 1. The van der Waals surface area contributed by atoms with Gasteiger partial charge >= 0.3 is 11.7 Å². The lowest BCUT2D eigenvalue weighted by Crippen LogP contribution is -2.44. The van der Waals surface area contributed by atoms with Crippen molar-refractivity contribution in [3.63, 3.8) is 0 Å². The van der Waals surface area contributed by atoms with Crippen LogP contribution in [0.25, 0.3) is 0 Å². The number of nitrogens with zero attached hydrogens (tertiary/aromatic N) is 1. The number of hydrogen-bond acceptors (Lipinski definition) is 5. The van der Waals surface area contributed by atoms with Crippen molar-refractivity contribution in [1.82, 2.24) is 10.6 Å². The van der Waals surface area contributed by atoms with E-state index in [1.54, 1.807) is 6.92 Å². The average molecular weight is 313 g/mol. The van der Waals surface area contributed by atoms with Gasteiger partial charge < -0.3 is 10.1 Å². The Bertz CT molecular complexity index is 579. The molecule has 22 heavy (non-hydrogen) atoms. The highest BCUT2D eigenvalue weighted by Crippen LogP contribution is 2.27. The Morgan fingerprint density at radius 1 is 1.45 bits per heavy atom. The van der Waals surface area contributed by atoms with Gasteiger partial charge in [-0.2, -0.15) is 0 Å². The van der Waals surface area contributed by atoms with Crippen molar-refractivity contribution in [3.8, 4) is 5.75 Å². The minimum Gasteiger partial charge on any atom is -0.477 e. The van der Waals surface area contributed by atoms with Gasteiger partial charge in [-0.05, 0) is 19.4 Å². The Morgan fingerprint density at radius 3 is 2.73 bits per heavy atom. The first-order valence-corrected chi connectivity index (χ1v) is 6.50. The van der Waals surface area contributed by atoms with Crippen molar-refractivity contribution in [3.05, 3.63) is 34.1 Å². The highest BCUT2D eigenvalue weighted by Gasteiger charge is 2.18. The number of imide groups is 1. The minimum absolute atomic E-state index is 0.113. The summed E-state index contributed by atoms with van der Waals surface area (Å²) in [7, 11) is 0. The molecular weight excluding hydrogens is 297 g/mol. The number of carbonyl (C=O) groups is 2.